The molecule has 218 valence electrons. The van der Waals surface area contributed by atoms with Crippen LogP contribution in [0.1, 0.15) is 182 Å². The minimum Gasteiger partial charge on any atom is -0.317 e. The van der Waals surface area contributed by atoms with Crippen LogP contribution < -0.4 is 10.6 Å². The molecule has 2 N–H and O–H groups in total. The Hall–Kier alpha value is -0.0800. The van der Waals surface area contributed by atoms with Crippen LogP contribution in [0.25, 0.3) is 0 Å². The summed E-state index contributed by atoms with van der Waals surface area (Å²) in [5, 5.41) is 7.35. The van der Waals surface area contributed by atoms with Gasteiger partial charge < -0.3 is 10.6 Å². The van der Waals surface area contributed by atoms with Crippen molar-refractivity contribution < 1.29 is 0 Å². The first-order valence-corrected chi connectivity index (χ1v) is 17.0. The highest BCUT2D eigenvalue weighted by Gasteiger charge is 2.20. The minimum atomic E-state index is 0.595. The lowest BCUT2D eigenvalue weighted by molar-refractivity contribution is 0.288. The Kier molecular flexibility index (Phi) is 27.9. The van der Waals surface area contributed by atoms with Gasteiger partial charge in [0.25, 0.3) is 0 Å². The van der Waals surface area contributed by atoms with Crippen LogP contribution in [0.15, 0.2) is 0 Å². The Bertz CT molecular complexity index is 400. The minimum absolute atomic E-state index is 0.595. The zero-order valence-corrected chi connectivity index (χ0v) is 26.3. The number of hydrogen-bond acceptors (Lipinski definition) is 2. The Morgan fingerprint density at radius 3 is 1.50 bits per heavy atom. The predicted octanol–water partition coefficient (Wildman–Crippen LogP) is 10.8. The third-order valence-corrected chi connectivity index (χ3v) is 8.83. The molecule has 0 bridgehead atoms. The van der Waals surface area contributed by atoms with E-state index in [1.807, 2.05) is 0 Å². The van der Waals surface area contributed by atoms with E-state index in [-0.39, 0.29) is 0 Å². The van der Waals surface area contributed by atoms with E-state index in [4.69, 9.17) is 0 Å². The highest BCUT2D eigenvalue weighted by Crippen LogP contribution is 2.20. The molecule has 2 nitrogen and oxygen atoms in total. The molecule has 0 saturated carbocycles. The summed E-state index contributed by atoms with van der Waals surface area (Å²) in [6, 6.07) is 1.28. The van der Waals surface area contributed by atoms with Crippen molar-refractivity contribution in [2.75, 3.05) is 13.6 Å². The topological polar surface area (TPSA) is 24.1 Å². The van der Waals surface area contributed by atoms with Gasteiger partial charge in [0.2, 0.25) is 0 Å². The van der Waals surface area contributed by atoms with E-state index in [0.717, 1.165) is 5.92 Å². The number of hydrogen-bond donors (Lipinski definition) is 2. The summed E-state index contributed by atoms with van der Waals surface area (Å²) in [4.78, 5) is 0. The van der Waals surface area contributed by atoms with Gasteiger partial charge >= 0.3 is 0 Å². The van der Waals surface area contributed by atoms with Crippen molar-refractivity contribution in [3.63, 3.8) is 0 Å². The molecule has 4 unspecified atom stereocenters. The Labute approximate surface area is 230 Å². The predicted molar refractivity (Wildman–Crippen MR) is 166 cm³/mol. The normalized spacial score (nSPS) is 23.2. The molecule has 0 aromatic carbocycles. The van der Waals surface area contributed by atoms with Crippen LogP contribution in [0, 0.1) is 11.8 Å². The summed E-state index contributed by atoms with van der Waals surface area (Å²) < 4.78 is 0. The molecular weight excluding hydrogens is 436 g/mol. The summed E-state index contributed by atoms with van der Waals surface area (Å²) in [7, 11) is 2.10. The maximum Gasteiger partial charge on any atom is 0.0107 e. The Morgan fingerprint density at radius 1 is 0.611 bits per heavy atom. The molecule has 1 aliphatic rings. The maximum atomic E-state index is 3.90. The number of unbranched alkanes of at least 4 members (excludes halogenated alkanes) is 9. The van der Waals surface area contributed by atoms with Crippen molar-refractivity contribution in [1.82, 2.24) is 10.6 Å². The summed E-state index contributed by atoms with van der Waals surface area (Å²) in [5.74, 6) is 1.66. The maximum absolute atomic E-state index is 3.90. The van der Waals surface area contributed by atoms with Gasteiger partial charge in [-0.1, -0.05) is 163 Å². The van der Waals surface area contributed by atoms with Crippen molar-refractivity contribution in [3.8, 4) is 0 Å². The fraction of sp³-hybridized carbons (Fsp3) is 1.00. The van der Waals surface area contributed by atoms with Gasteiger partial charge in [-0.25, -0.2) is 0 Å². The zero-order valence-electron chi connectivity index (χ0n) is 26.3. The molecule has 1 saturated heterocycles. The Balaban J connectivity index is 0.000000860. The molecule has 1 rings (SSSR count). The SMILES string of the molecule is CCCCCCCCCCCC.CNC(C)C(C)C1CCCCCCCC(C)CCCCCCCN1. The molecule has 1 heterocycles. The van der Waals surface area contributed by atoms with Gasteiger partial charge in [0, 0.05) is 12.1 Å². The molecule has 0 aliphatic carbocycles. The van der Waals surface area contributed by atoms with E-state index in [0.29, 0.717) is 18.0 Å². The summed E-state index contributed by atoms with van der Waals surface area (Å²) in [6.45, 7) is 13.0. The standard InChI is InChI=1S/C22H46N2.C12H26/c1-19-15-11-7-5-9-13-17-22(20(2)21(3)23-4)24-18-14-10-6-8-12-16-19;1-3-5-7-9-11-12-10-8-6-4-2/h19-24H,5-18H2,1-4H3;3-12H2,1-2H3. The average Bonchev–Trinajstić information content (AvgIpc) is 2.89. The zero-order chi connectivity index (χ0) is 26.7. The van der Waals surface area contributed by atoms with Gasteiger partial charge in [0.15, 0.2) is 0 Å². The quantitative estimate of drug-likeness (QED) is 0.256. The number of nitrogens with one attached hydrogen (secondary N) is 2. The van der Waals surface area contributed by atoms with Gasteiger partial charge in [-0.3, -0.25) is 0 Å². The van der Waals surface area contributed by atoms with Gasteiger partial charge in [-0.05, 0) is 45.2 Å². The molecular formula is C34H72N2. The van der Waals surface area contributed by atoms with E-state index in [1.165, 1.54) is 154 Å². The van der Waals surface area contributed by atoms with E-state index < -0.39 is 0 Å². The molecule has 1 fully saturated rings. The molecule has 4 atom stereocenters. The second-order valence-corrected chi connectivity index (χ2v) is 12.3. The first kappa shape index (κ1) is 35.9. The highest BCUT2D eigenvalue weighted by atomic mass is 14.9. The third-order valence-electron chi connectivity index (χ3n) is 8.83. The van der Waals surface area contributed by atoms with Crippen molar-refractivity contribution in [3.05, 3.63) is 0 Å². The molecule has 0 amide bonds. The lowest BCUT2D eigenvalue weighted by atomic mass is 9.90. The van der Waals surface area contributed by atoms with Gasteiger partial charge in [-0.15, -0.1) is 0 Å². The molecule has 36 heavy (non-hydrogen) atoms. The number of rotatable bonds is 12. The van der Waals surface area contributed by atoms with Crippen LogP contribution in [-0.4, -0.2) is 25.7 Å². The highest BCUT2D eigenvalue weighted by molar-refractivity contribution is 4.80. The molecule has 0 radical (unpaired) electrons. The first-order valence-electron chi connectivity index (χ1n) is 17.0. The lowest BCUT2D eigenvalue weighted by Gasteiger charge is -2.30. The van der Waals surface area contributed by atoms with E-state index >= 15 is 0 Å². The van der Waals surface area contributed by atoms with E-state index in [1.54, 1.807) is 0 Å². The van der Waals surface area contributed by atoms with Crippen LogP contribution in [0.4, 0.5) is 0 Å². The lowest BCUT2D eigenvalue weighted by Crippen LogP contribution is -2.44. The van der Waals surface area contributed by atoms with E-state index in [2.05, 4.69) is 52.3 Å². The average molecular weight is 509 g/mol. The summed E-state index contributed by atoms with van der Waals surface area (Å²) in [6.07, 6.45) is 33.0. The third kappa shape index (κ3) is 23.1. The monoisotopic (exact) mass is 509 g/mol. The second kappa shape index (κ2) is 27.9. The van der Waals surface area contributed by atoms with Crippen LogP contribution in [0.5, 0.6) is 0 Å². The largest absolute Gasteiger partial charge is 0.317 e. The van der Waals surface area contributed by atoms with Crippen LogP contribution in [0.3, 0.4) is 0 Å². The van der Waals surface area contributed by atoms with Gasteiger partial charge in [-0.2, -0.15) is 0 Å². The van der Waals surface area contributed by atoms with Crippen LogP contribution >= 0.6 is 0 Å². The summed E-state index contributed by atoms with van der Waals surface area (Å²) >= 11 is 0. The molecule has 0 aromatic heterocycles. The molecule has 2 heteroatoms. The fourth-order valence-corrected chi connectivity index (χ4v) is 5.69. The smallest absolute Gasteiger partial charge is 0.0107 e. The molecule has 1 aliphatic heterocycles. The second-order valence-electron chi connectivity index (χ2n) is 12.3. The van der Waals surface area contributed by atoms with Crippen molar-refractivity contribution in [2.45, 2.75) is 194 Å². The van der Waals surface area contributed by atoms with Crippen molar-refractivity contribution in [1.29, 1.82) is 0 Å². The van der Waals surface area contributed by atoms with Crippen molar-refractivity contribution >= 4 is 0 Å². The first-order chi connectivity index (χ1) is 17.6. The van der Waals surface area contributed by atoms with Crippen LogP contribution in [-0.2, 0) is 0 Å². The summed E-state index contributed by atoms with van der Waals surface area (Å²) in [5.41, 5.74) is 0. The van der Waals surface area contributed by atoms with Crippen LogP contribution in [0.2, 0.25) is 0 Å². The van der Waals surface area contributed by atoms with Crippen molar-refractivity contribution in [2.24, 2.45) is 11.8 Å². The van der Waals surface area contributed by atoms with Gasteiger partial charge in [0.1, 0.15) is 0 Å². The van der Waals surface area contributed by atoms with E-state index in [9.17, 15) is 0 Å². The molecule has 0 spiro atoms. The molecule has 0 aromatic rings. The Morgan fingerprint density at radius 2 is 1.03 bits per heavy atom. The van der Waals surface area contributed by atoms with Gasteiger partial charge in [0.05, 0.1) is 0 Å². The fourth-order valence-electron chi connectivity index (χ4n) is 5.69.